The Kier molecular flexibility index (Phi) is 2.67. The molecular formula is C14H13N3O2. The van der Waals surface area contributed by atoms with Crippen molar-refractivity contribution in [1.82, 2.24) is 9.97 Å². The van der Waals surface area contributed by atoms with E-state index >= 15 is 0 Å². The summed E-state index contributed by atoms with van der Waals surface area (Å²) in [6.45, 7) is 0. The standard InChI is InChI=1S/C14H13N3O2/c1-15-11-7-5-9-3-2-8-4-6-10(14(18)19)16-12(8)13(9)17-11/h4-7H,2-3H2,1H3,(H,15,17)(H,18,19). The third kappa shape index (κ3) is 1.93. The lowest BCUT2D eigenvalue weighted by Gasteiger charge is -2.18. The minimum atomic E-state index is -1.01. The van der Waals surface area contributed by atoms with Crippen LogP contribution in [0, 0.1) is 0 Å². The van der Waals surface area contributed by atoms with Crippen LogP contribution in [-0.2, 0) is 12.8 Å². The third-order valence-electron chi connectivity index (χ3n) is 3.32. The molecule has 0 aliphatic heterocycles. The van der Waals surface area contributed by atoms with E-state index in [0.717, 1.165) is 35.5 Å². The fraction of sp³-hybridized carbons (Fsp3) is 0.214. The number of nitrogens with one attached hydrogen (secondary N) is 1. The van der Waals surface area contributed by atoms with Crippen molar-refractivity contribution < 1.29 is 9.90 Å². The first-order valence-electron chi connectivity index (χ1n) is 6.10. The van der Waals surface area contributed by atoms with E-state index in [9.17, 15) is 4.79 Å². The van der Waals surface area contributed by atoms with Crippen molar-refractivity contribution in [3.63, 3.8) is 0 Å². The molecule has 1 aliphatic rings. The summed E-state index contributed by atoms with van der Waals surface area (Å²) in [6.07, 6.45) is 1.78. The molecule has 0 bridgehead atoms. The lowest BCUT2D eigenvalue weighted by Crippen LogP contribution is -2.11. The summed E-state index contributed by atoms with van der Waals surface area (Å²) in [5.74, 6) is -0.256. The van der Waals surface area contributed by atoms with Crippen LogP contribution in [0.25, 0.3) is 11.4 Å². The molecule has 2 N–H and O–H groups in total. The van der Waals surface area contributed by atoms with Gasteiger partial charge in [0.25, 0.3) is 0 Å². The summed E-state index contributed by atoms with van der Waals surface area (Å²) in [4.78, 5) is 19.8. The number of carboxylic acid groups (broad SMARTS) is 1. The number of fused-ring (bicyclic) bond motifs is 3. The molecule has 2 heterocycles. The molecule has 0 amide bonds. The molecule has 0 saturated carbocycles. The molecule has 0 radical (unpaired) electrons. The van der Waals surface area contributed by atoms with Crippen molar-refractivity contribution in [1.29, 1.82) is 0 Å². The quantitative estimate of drug-likeness (QED) is 0.858. The van der Waals surface area contributed by atoms with Crippen LogP contribution in [-0.4, -0.2) is 28.1 Å². The number of hydrogen-bond acceptors (Lipinski definition) is 4. The predicted octanol–water partition coefficient (Wildman–Crippen LogP) is 1.98. The van der Waals surface area contributed by atoms with Gasteiger partial charge in [0.05, 0.1) is 11.4 Å². The van der Waals surface area contributed by atoms with Crippen molar-refractivity contribution in [2.45, 2.75) is 12.8 Å². The van der Waals surface area contributed by atoms with Crippen LogP contribution in [0.1, 0.15) is 21.6 Å². The number of carbonyl (C=O) groups is 1. The first-order valence-corrected chi connectivity index (χ1v) is 6.10. The molecule has 19 heavy (non-hydrogen) atoms. The lowest BCUT2D eigenvalue weighted by molar-refractivity contribution is 0.0690. The Morgan fingerprint density at radius 1 is 1.11 bits per heavy atom. The molecule has 3 rings (SSSR count). The van der Waals surface area contributed by atoms with Crippen LogP contribution in [0.3, 0.4) is 0 Å². The highest BCUT2D eigenvalue weighted by molar-refractivity contribution is 5.86. The second-order valence-corrected chi connectivity index (χ2v) is 4.46. The molecule has 0 fully saturated rings. The second-order valence-electron chi connectivity index (χ2n) is 4.46. The van der Waals surface area contributed by atoms with E-state index in [-0.39, 0.29) is 5.69 Å². The van der Waals surface area contributed by atoms with E-state index in [4.69, 9.17) is 5.11 Å². The van der Waals surface area contributed by atoms with E-state index in [1.807, 2.05) is 18.2 Å². The molecule has 0 spiro atoms. The zero-order valence-electron chi connectivity index (χ0n) is 10.5. The predicted molar refractivity (Wildman–Crippen MR) is 71.4 cm³/mol. The number of hydrogen-bond donors (Lipinski definition) is 2. The summed E-state index contributed by atoms with van der Waals surface area (Å²) in [7, 11) is 1.81. The summed E-state index contributed by atoms with van der Waals surface area (Å²) < 4.78 is 0. The van der Waals surface area contributed by atoms with Gasteiger partial charge in [0.15, 0.2) is 0 Å². The van der Waals surface area contributed by atoms with E-state index in [1.54, 1.807) is 13.1 Å². The Labute approximate surface area is 110 Å². The number of nitrogens with zero attached hydrogens (tertiary/aromatic N) is 2. The van der Waals surface area contributed by atoms with Crippen molar-refractivity contribution in [2.75, 3.05) is 12.4 Å². The van der Waals surface area contributed by atoms with Gasteiger partial charge in [0.1, 0.15) is 11.5 Å². The molecule has 0 saturated heterocycles. The molecular weight excluding hydrogens is 242 g/mol. The minimum absolute atomic E-state index is 0.0586. The lowest BCUT2D eigenvalue weighted by atomic mass is 9.92. The van der Waals surface area contributed by atoms with Crippen molar-refractivity contribution >= 4 is 11.8 Å². The zero-order chi connectivity index (χ0) is 13.4. The highest BCUT2D eigenvalue weighted by atomic mass is 16.4. The molecule has 0 aromatic carbocycles. The molecule has 5 nitrogen and oxygen atoms in total. The average Bonchev–Trinajstić information content (AvgIpc) is 2.45. The molecule has 96 valence electrons. The summed E-state index contributed by atoms with van der Waals surface area (Å²) in [6, 6.07) is 7.33. The highest BCUT2D eigenvalue weighted by Gasteiger charge is 2.20. The number of aromatic nitrogens is 2. The summed E-state index contributed by atoms with van der Waals surface area (Å²) in [5, 5.41) is 12.0. The number of aromatic carboxylic acids is 1. The van der Waals surface area contributed by atoms with E-state index < -0.39 is 5.97 Å². The maximum atomic E-state index is 11.0. The Morgan fingerprint density at radius 2 is 1.74 bits per heavy atom. The maximum Gasteiger partial charge on any atom is 0.354 e. The van der Waals surface area contributed by atoms with Crippen molar-refractivity contribution in [3.8, 4) is 11.4 Å². The van der Waals surface area contributed by atoms with Crippen LogP contribution in [0.2, 0.25) is 0 Å². The first-order chi connectivity index (χ1) is 9.19. The second kappa shape index (κ2) is 4.35. The molecule has 5 heteroatoms. The van der Waals surface area contributed by atoms with Crippen LogP contribution < -0.4 is 5.32 Å². The van der Waals surface area contributed by atoms with Gasteiger partial charge in [-0.05, 0) is 36.1 Å². The van der Waals surface area contributed by atoms with Gasteiger partial charge in [0.2, 0.25) is 0 Å². The fourth-order valence-corrected chi connectivity index (χ4v) is 2.32. The van der Waals surface area contributed by atoms with Gasteiger partial charge >= 0.3 is 5.97 Å². The van der Waals surface area contributed by atoms with E-state index in [1.165, 1.54) is 0 Å². The molecule has 0 unspecified atom stereocenters. The maximum absolute atomic E-state index is 11.0. The van der Waals surface area contributed by atoms with Gasteiger partial charge in [-0.2, -0.15) is 0 Å². The smallest absolute Gasteiger partial charge is 0.354 e. The number of carboxylic acids is 1. The number of aryl methyl sites for hydroxylation is 2. The number of anilines is 1. The van der Waals surface area contributed by atoms with Crippen LogP contribution in [0.15, 0.2) is 24.3 Å². The van der Waals surface area contributed by atoms with Gasteiger partial charge in [-0.15, -0.1) is 0 Å². The molecule has 0 atom stereocenters. The minimum Gasteiger partial charge on any atom is -0.477 e. The summed E-state index contributed by atoms with van der Waals surface area (Å²) in [5.41, 5.74) is 3.71. The van der Waals surface area contributed by atoms with E-state index in [0.29, 0.717) is 5.69 Å². The van der Waals surface area contributed by atoms with Crippen molar-refractivity contribution in [3.05, 3.63) is 41.1 Å². The monoisotopic (exact) mass is 255 g/mol. The Balaban J connectivity index is 2.20. The zero-order valence-corrected chi connectivity index (χ0v) is 10.5. The fourth-order valence-electron chi connectivity index (χ4n) is 2.32. The number of pyridine rings is 2. The first kappa shape index (κ1) is 11.6. The molecule has 2 aromatic rings. The molecule has 1 aliphatic carbocycles. The van der Waals surface area contributed by atoms with Crippen molar-refractivity contribution in [2.24, 2.45) is 0 Å². The topological polar surface area (TPSA) is 75.1 Å². The number of rotatable bonds is 2. The van der Waals surface area contributed by atoms with Gasteiger partial charge in [0, 0.05) is 7.05 Å². The van der Waals surface area contributed by atoms with Gasteiger partial charge in [-0.25, -0.2) is 14.8 Å². The SMILES string of the molecule is CNc1ccc2c(n1)-c1nc(C(=O)O)ccc1CC2. The van der Waals surface area contributed by atoms with Gasteiger partial charge in [-0.3, -0.25) is 0 Å². The Morgan fingerprint density at radius 3 is 2.37 bits per heavy atom. The van der Waals surface area contributed by atoms with Crippen LogP contribution in [0.5, 0.6) is 0 Å². The third-order valence-corrected chi connectivity index (χ3v) is 3.32. The van der Waals surface area contributed by atoms with Gasteiger partial charge < -0.3 is 10.4 Å². The Bertz CT molecular complexity index is 668. The van der Waals surface area contributed by atoms with E-state index in [2.05, 4.69) is 15.3 Å². The van der Waals surface area contributed by atoms with Crippen LogP contribution >= 0.6 is 0 Å². The molecule has 2 aromatic heterocycles. The van der Waals surface area contributed by atoms with Crippen LogP contribution in [0.4, 0.5) is 5.82 Å². The summed E-state index contributed by atoms with van der Waals surface area (Å²) >= 11 is 0. The van der Waals surface area contributed by atoms with Gasteiger partial charge in [-0.1, -0.05) is 12.1 Å². The highest BCUT2D eigenvalue weighted by Crippen LogP contribution is 2.31. The normalized spacial score (nSPS) is 12.5. The largest absolute Gasteiger partial charge is 0.477 e. The average molecular weight is 255 g/mol. The Hall–Kier alpha value is -2.43.